The summed E-state index contributed by atoms with van der Waals surface area (Å²) < 4.78 is 21.6. The molecule has 1 aromatic rings. The fraction of sp³-hybridized carbons (Fsp3) is 0.286. The number of primary sulfonamides is 1. The highest BCUT2D eigenvalue weighted by Gasteiger charge is 2.09. The number of hydrogen-bond donors (Lipinski definition) is 2. The summed E-state index contributed by atoms with van der Waals surface area (Å²) in [7, 11) is -3.53. The lowest BCUT2D eigenvalue weighted by Crippen LogP contribution is -2.31. The Hall–Kier alpha value is -0.630. The van der Waals surface area contributed by atoms with Crippen molar-refractivity contribution >= 4 is 38.9 Å². The van der Waals surface area contributed by atoms with Crippen LogP contribution in [0, 0.1) is 0 Å². The molecule has 84 valence electrons. The number of sulfonamides is 1. The lowest BCUT2D eigenvalue weighted by atomic mass is 10.4. The fourth-order valence-electron chi connectivity index (χ4n) is 0.830. The molecule has 5 nitrogen and oxygen atoms in total. The van der Waals surface area contributed by atoms with Crippen molar-refractivity contribution < 1.29 is 13.2 Å². The van der Waals surface area contributed by atoms with E-state index in [4.69, 9.17) is 16.7 Å². The zero-order chi connectivity index (χ0) is 11.5. The quantitative estimate of drug-likeness (QED) is 0.829. The number of nitrogens with two attached hydrogens (primary N) is 1. The minimum atomic E-state index is -3.53. The van der Waals surface area contributed by atoms with Gasteiger partial charge in [0.2, 0.25) is 10.0 Å². The van der Waals surface area contributed by atoms with Crippen molar-refractivity contribution in [3.63, 3.8) is 0 Å². The van der Waals surface area contributed by atoms with Crippen LogP contribution in [-0.2, 0) is 10.0 Å². The maximum Gasteiger partial charge on any atom is 0.261 e. The molecule has 0 fully saturated rings. The second kappa shape index (κ2) is 4.93. The van der Waals surface area contributed by atoms with Crippen LogP contribution in [0.15, 0.2) is 12.1 Å². The molecular weight excluding hydrogens is 260 g/mol. The van der Waals surface area contributed by atoms with Crippen molar-refractivity contribution in [2.75, 3.05) is 12.3 Å². The zero-order valence-electron chi connectivity index (χ0n) is 7.57. The lowest BCUT2D eigenvalue weighted by molar-refractivity contribution is 0.0960. The predicted molar refractivity (Wildman–Crippen MR) is 59.6 cm³/mol. The number of carbonyl (C=O) groups excluding carboxylic acids is 1. The molecule has 0 saturated carbocycles. The van der Waals surface area contributed by atoms with Gasteiger partial charge in [0.25, 0.3) is 5.91 Å². The molecule has 15 heavy (non-hydrogen) atoms. The molecule has 0 aliphatic carbocycles. The van der Waals surface area contributed by atoms with Gasteiger partial charge in [0.1, 0.15) is 0 Å². The highest BCUT2D eigenvalue weighted by atomic mass is 35.5. The van der Waals surface area contributed by atoms with Crippen LogP contribution >= 0.6 is 22.9 Å². The van der Waals surface area contributed by atoms with Crippen LogP contribution in [0.1, 0.15) is 9.67 Å². The fourth-order valence-corrected chi connectivity index (χ4v) is 2.18. The summed E-state index contributed by atoms with van der Waals surface area (Å²) in [4.78, 5) is 11.8. The first-order valence-corrected chi connectivity index (χ1v) is 6.83. The highest BCUT2D eigenvalue weighted by Crippen LogP contribution is 2.20. The van der Waals surface area contributed by atoms with Gasteiger partial charge in [-0.05, 0) is 12.1 Å². The molecule has 0 radical (unpaired) electrons. The van der Waals surface area contributed by atoms with E-state index in [1.807, 2.05) is 0 Å². The van der Waals surface area contributed by atoms with Gasteiger partial charge in [-0.1, -0.05) is 11.6 Å². The number of carbonyl (C=O) groups is 1. The average molecular weight is 269 g/mol. The molecule has 0 atom stereocenters. The van der Waals surface area contributed by atoms with Crippen LogP contribution < -0.4 is 10.5 Å². The molecule has 0 aliphatic heterocycles. The van der Waals surface area contributed by atoms with Gasteiger partial charge in [-0.25, -0.2) is 13.6 Å². The number of thiophene rings is 1. The minimum Gasteiger partial charge on any atom is -0.350 e. The monoisotopic (exact) mass is 268 g/mol. The van der Waals surface area contributed by atoms with Crippen LogP contribution in [0.4, 0.5) is 0 Å². The summed E-state index contributed by atoms with van der Waals surface area (Å²) in [6.45, 7) is -0.00676. The van der Waals surface area contributed by atoms with Crippen LogP contribution in [0.2, 0.25) is 4.34 Å². The van der Waals surface area contributed by atoms with Gasteiger partial charge in [0.15, 0.2) is 0 Å². The molecule has 8 heteroatoms. The third-order valence-corrected chi connectivity index (χ3v) is 3.47. The third kappa shape index (κ3) is 4.61. The molecule has 0 saturated heterocycles. The van der Waals surface area contributed by atoms with Crippen molar-refractivity contribution in [2.45, 2.75) is 0 Å². The molecule has 1 amide bonds. The molecule has 1 heterocycles. The number of nitrogens with one attached hydrogen (secondary N) is 1. The molecule has 0 spiro atoms. The van der Waals surface area contributed by atoms with Crippen LogP contribution in [-0.4, -0.2) is 26.6 Å². The summed E-state index contributed by atoms with van der Waals surface area (Å²) >= 11 is 6.76. The summed E-state index contributed by atoms with van der Waals surface area (Å²) in [6.07, 6.45) is 0. The van der Waals surface area contributed by atoms with Crippen molar-refractivity contribution in [1.29, 1.82) is 0 Å². The summed E-state index contributed by atoms with van der Waals surface area (Å²) in [5, 5.41) is 7.19. The van der Waals surface area contributed by atoms with Crippen LogP contribution in [0.5, 0.6) is 0 Å². The smallest absolute Gasteiger partial charge is 0.261 e. The van der Waals surface area contributed by atoms with E-state index in [-0.39, 0.29) is 18.2 Å². The maximum absolute atomic E-state index is 11.3. The Morgan fingerprint density at radius 1 is 1.53 bits per heavy atom. The van der Waals surface area contributed by atoms with Crippen molar-refractivity contribution in [3.05, 3.63) is 21.3 Å². The number of amides is 1. The molecule has 3 N–H and O–H groups in total. The topological polar surface area (TPSA) is 89.3 Å². The Bertz CT molecular complexity index is 455. The summed E-state index contributed by atoms with van der Waals surface area (Å²) in [5.41, 5.74) is 0. The van der Waals surface area contributed by atoms with Gasteiger partial charge < -0.3 is 5.32 Å². The van der Waals surface area contributed by atoms with Crippen molar-refractivity contribution in [2.24, 2.45) is 5.14 Å². The van der Waals surface area contributed by atoms with E-state index in [0.717, 1.165) is 11.3 Å². The first-order valence-electron chi connectivity index (χ1n) is 3.92. The van der Waals surface area contributed by atoms with E-state index in [9.17, 15) is 13.2 Å². The summed E-state index contributed by atoms with van der Waals surface area (Å²) in [6, 6.07) is 3.17. The van der Waals surface area contributed by atoms with E-state index in [1.165, 1.54) is 0 Å². The zero-order valence-corrected chi connectivity index (χ0v) is 9.95. The Morgan fingerprint density at radius 2 is 2.20 bits per heavy atom. The SMILES string of the molecule is NS(=O)(=O)CCNC(=O)c1ccc(Cl)s1. The molecule has 0 unspecified atom stereocenters. The first-order chi connectivity index (χ1) is 6.88. The van der Waals surface area contributed by atoms with E-state index in [1.54, 1.807) is 12.1 Å². The van der Waals surface area contributed by atoms with Gasteiger partial charge in [-0.2, -0.15) is 0 Å². The van der Waals surface area contributed by atoms with Gasteiger partial charge in [0.05, 0.1) is 15.0 Å². The average Bonchev–Trinajstić information content (AvgIpc) is 2.49. The second-order valence-electron chi connectivity index (χ2n) is 2.73. The second-order valence-corrected chi connectivity index (χ2v) is 6.18. The third-order valence-electron chi connectivity index (χ3n) is 1.47. The first kappa shape index (κ1) is 12.4. The predicted octanol–water partition coefficient (Wildman–Crippen LogP) is 0.420. The number of rotatable bonds is 4. The minimum absolute atomic E-state index is 0.00676. The Labute approximate surface area is 96.3 Å². The van der Waals surface area contributed by atoms with E-state index < -0.39 is 10.0 Å². The number of halogens is 1. The van der Waals surface area contributed by atoms with Crippen molar-refractivity contribution in [3.8, 4) is 0 Å². The molecule has 0 bridgehead atoms. The largest absolute Gasteiger partial charge is 0.350 e. The molecule has 0 aliphatic rings. The maximum atomic E-state index is 11.3. The Morgan fingerprint density at radius 3 is 2.67 bits per heavy atom. The molecule has 1 aromatic heterocycles. The molecular formula is C7H9ClN2O3S2. The van der Waals surface area contributed by atoms with Crippen LogP contribution in [0.25, 0.3) is 0 Å². The highest BCUT2D eigenvalue weighted by molar-refractivity contribution is 7.89. The Balaban J connectivity index is 2.44. The van der Waals surface area contributed by atoms with E-state index in [0.29, 0.717) is 9.21 Å². The van der Waals surface area contributed by atoms with Crippen LogP contribution in [0.3, 0.4) is 0 Å². The van der Waals surface area contributed by atoms with Gasteiger partial charge >= 0.3 is 0 Å². The summed E-state index contributed by atoms with van der Waals surface area (Å²) in [5.74, 6) is -0.631. The molecule has 1 rings (SSSR count). The normalized spacial score (nSPS) is 11.3. The van der Waals surface area contributed by atoms with Gasteiger partial charge in [-0.3, -0.25) is 4.79 Å². The standard InChI is InChI=1S/C7H9ClN2O3S2/c8-6-2-1-5(14-6)7(11)10-3-4-15(9,12)13/h1-2H,3-4H2,(H,10,11)(H2,9,12,13). The molecule has 0 aromatic carbocycles. The van der Waals surface area contributed by atoms with Gasteiger partial charge in [0, 0.05) is 6.54 Å². The Kier molecular flexibility index (Phi) is 4.09. The van der Waals surface area contributed by atoms with E-state index >= 15 is 0 Å². The van der Waals surface area contributed by atoms with Gasteiger partial charge in [-0.15, -0.1) is 11.3 Å². The van der Waals surface area contributed by atoms with E-state index in [2.05, 4.69) is 5.32 Å². The number of hydrogen-bond acceptors (Lipinski definition) is 4. The van der Waals surface area contributed by atoms with Crippen molar-refractivity contribution in [1.82, 2.24) is 5.32 Å². The lowest BCUT2D eigenvalue weighted by Gasteiger charge is -2.01.